The molecule has 180 valence electrons. The van der Waals surface area contributed by atoms with Crippen LogP contribution in [-0.2, 0) is 26.2 Å². The number of benzene rings is 2. The van der Waals surface area contributed by atoms with Crippen LogP contribution in [0.3, 0.4) is 0 Å². The van der Waals surface area contributed by atoms with Crippen molar-refractivity contribution in [3.63, 3.8) is 0 Å². The Morgan fingerprint density at radius 2 is 1.74 bits per heavy atom. The molecule has 1 heterocycles. The number of methoxy groups -OCH3 is 1. The van der Waals surface area contributed by atoms with E-state index >= 15 is 0 Å². The van der Waals surface area contributed by atoms with E-state index in [1.165, 1.54) is 4.90 Å². The van der Waals surface area contributed by atoms with Crippen LogP contribution >= 0.6 is 0 Å². The Bertz CT molecular complexity index is 1100. The Kier molecular flexibility index (Phi) is 8.23. The standard InChI is InChI=1S/C27H34N4O3/c1-20-11-13-22(14-12-20)31-24(18-23(29-31)27(2,3)4)28-25(32)19-30(15-16-34-5)26(33)17-21-9-7-6-8-10-21/h6-14,18H,15-17,19H2,1-5H3,(H,28,32). The van der Waals surface area contributed by atoms with Crippen molar-refractivity contribution in [2.24, 2.45) is 0 Å². The molecule has 0 unspecified atom stereocenters. The highest BCUT2D eigenvalue weighted by molar-refractivity contribution is 5.94. The fourth-order valence-electron chi connectivity index (χ4n) is 3.45. The minimum Gasteiger partial charge on any atom is -0.383 e. The maximum atomic E-state index is 13.1. The zero-order valence-electron chi connectivity index (χ0n) is 20.7. The van der Waals surface area contributed by atoms with E-state index in [4.69, 9.17) is 9.84 Å². The Morgan fingerprint density at radius 3 is 2.35 bits per heavy atom. The van der Waals surface area contributed by atoms with Crippen LogP contribution in [0.15, 0.2) is 60.7 Å². The number of anilines is 1. The summed E-state index contributed by atoms with van der Waals surface area (Å²) in [5.41, 5.74) is 3.57. The van der Waals surface area contributed by atoms with Crippen LogP contribution < -0.4 is 5.32 Å². The first-order valence-corrected chi connectivity index (χ1v) is 11.5. The van der Waals surface area contributed by atoms with Crippen molar-refractivity contribution in [1.82, 2.24) is 14.7 Å². The van der Waals surface area contributed by atoms with E-state index in [0.29, 0.717) is 19.0 Å². The van der Waals surface area contributed by atoms with Gasteiger partial charge in [0, 0.05) is 25.1 Å². The summed E-state index contributed by atoms with van der Waals surface area (Å²) in [5, 5.41) is 7.72. The van der Waals surface area contributed by atoms with Gasteiger partial charge < -0.3 is 15.0 Å². The summed E-state index contributed by atoms with van der Waals surface area (Å²) in [6.45, 7) is 8.87. The van der Waals surface area contributed by atoms with Gasteiger partial charge in [0.05, 0.1) is 31.0 Å². The number of aryl methyl sites for hydroxylation is 1. The first-order chi connectivity index (χ1) is 16.2. The van der Waals surface area contributed by atoms with Crippen molar-refractivity contribution in [3.8, 4) is 5.69 Å². The predicted molar refractivity (Wildman–Crippen MR) is 134 cm³/mol. The third kappa shape index (κ3) is 6.78. The monoisotopic (exact) mass is 462 g/mol. The van der Waals surface area contributed by atoms with Crippen LogP contribution in [0.25, 0.3) is 5.69 Å². The van der Waals surface area contributed by atoms with E-state index in [2.05, 4.69) is 26.1 Å². The summed E-state index contributed by atoms with van der Waals surface area (Å²) < 4.78 is 6.90. The second-order valence-electron chi connectivity index (χ2n) is 9.43. The fraction of sp³-hybridized carbons (Fsp3) is 0.370. The zero-order chi connectivity index (χ0) is 24.7. The van der Waals surface area contributed by atoms with E-state index in [-0.39, 0.29) is 30.2 Å². The quantitative estimate of drug-likeness (QED) is 0.519. The van der Waals surface area contributed by atoms with Gasteiger partial charge >= 0.3 is 0 Å². The molecule has 7 heteroatoms. The highest BCUT2D eigenvalue weighted by Crippen LogP contribution is 2.26. The minimum absolute atomic E-state index is 0.0705. The van der Waals surface area contributed by atoms with Gasteiger partial charge in [-0.3, -0.25) is 9.59 Å². The maximum Gasteiger partial charge on any atom is 0.245 e. The molecule has 0 bridgehead atoms. The fourth-order valence-corrected chi connectivity index (χ4v) is 3.45. The number of carbonyl (C=O) groups excluding carboxylic acids is 2. The maximum absolute atomic E-state index is 13.1. The van der Waals surface area contributed by atoms with Crippen molar-refractivity contribution in [3.05, 3.63) is 77.5 Å². The Balaban J connectivity index is 1.79. The number of aromatic nitrogens is 2. The highest BCUT2D eigenvalue weighted by Gasteiger charge is 2.23. The van der Waals surface area contributed by atoms with Crippen molar-refractivity contribution >= 4 is 17.6 Å². The molecule has 1 N–H and O–H groups in total. The topological polar surface area (TPSA) is 76.5 Å². The van der Waals surface area contributed by atoms with Gasteiger partial charge in [0.2, 0.25) is 11.8 Å². The second-order valence-corrected chi connectivity index (χ2v) is 9.43. The lowest BCUT2D eigenvalue weighted by Crippen LogP contribution is -2.41. The van der Waals surface area contributed by atoms with Gasteiger partial charge in [-0.2, -0.15) is 5.10 Å². The van der Waals surface area contributed by atoms with Gasteiger partial charge in [-0.25, -0.2) is 4.68 Å². The Labute approximate surface area is 201 Å². The van der Waals surface area contributed by atoms with E-state index in [1.54, 1.807) is 11.8 Å². The molecule has 0 saturated heterocycles. The molecule has 0 radical (unpaired) electrons. The molecule has 0 aliphatic carbocycles. The molecule has 0 atom stereocenters. The summed E-state index contributed by atoms with van der Waals surface area (Å²) in [6, 6.07) is 19.4. The Hall–Kier alpha value is -3.45. The lowest BCUT2D eigenvalue weighted by Gasteiger charge is -2.22. The number of carbonyl (C=O) groups is 2. The number of nitrogens with one attached hydrogen (secondary N) is 1. The van der Waals surface area contributed by atoms with E-state index in [9.17, 15) is 9.59 Å². The zero-order valence-corrected chi connectivity index (χ0v) is 20.7. The van der Waals surface area contributed by atoms with Gasteiger partial charge in [0.25, 0.3) is 0 Å². The molecule has 34 heavy (non-hydrogen) atoms. The average Bonchev–Trinajstić information content (AvgIpc) is 3.22. The molecule has 0 fully saturated rings. The number of amides is 2. The SMILES string of the molecule is COCCN(CC(=O)Nc1cc(C(C)(C)C)nn1-c1ccc(C)cc1)C(=O)Cc1ccccc1. The van der Waals surface area contributed by atoms with Gasteiger partial charge in [-0.05, 0) is 24.6 Å². The lowest BCUT2D eigenvalue weighted by molar-refractivity contribution is -0.134. The van der Waals surface area contributed by atoms with Crippen LogP contribution in [0.1, 0.15) is 37.6 Å². The number of hydrogen-bond acceptors (Lipinski definition) is 4. The molecule has 3 rings (SSSR count). The molecular weight excluding hydrogens is 428 g/mol. The molecular formula is C27H34N4O3. The summed E-state index contributed by atoms with van der Waals surface area (Å²) >= 11 is 0. The van der Waals surface area contributed by atoms with E-state index < -0.39 is 0 Å². The minimum atomic E-state index is -0.286. The average molecular weight is 463 g/mol. The van der Waals surface area contributed by atoms with Crippen molar-refractivity contribution in [1.29, 1.82) is 0 Å². The molecule has 2 amide bonds. The second kappa shape index (κ2) is 11.1. The predicted octanol–water partition coefficient (Wildman–Crippen LogP) is 4.13. The van der Waals surface area contributed by atoms with Crippen molar-refractivity contribution < 1.29 is 14.3 Å². The van der Waals surface area contributed by atoms with E-state index in [0.717, 1.165) is 22.5 Å². The molecule has 3 aromatic rings. The van der Waals surface area contributed by atoms with Gasteiger partial charge in [0.1, 0.15) is 5.82 Å². The number of rotatable bonds is 9. The number of ether oxygens (including phenoxy) is 1. The van der Waals surface area contributed by atoms with Crippen molar-refractivity contribution in [2.75, 3.05) is 32.1 Å². The van der Waals surface area contributed by atoms with Crippen LogP contribution in [0.2, 0.25) is 0 Å². The molecule has 2 aromatic carbocycles. The third-order valence-corrected chi connectivity index (χ3v) is 5.47. The normalized spacial score (nSPS) is 11.3. The van der Waals surface area contributed by atoms with Crippen LogP contribution in [0, 0.1) is 6.92 Å². The highest BCUT2D eigenvalue weighted by atomic mass is 16.5. The molecule has 7 nitrogen and oxygen atoms in total. The number of nitrogens with zero attached hydrogens (tertiary/aromatic N) is 3. The van der Waals surface area contributed by atoms with Crippen LogP contribution in [-0.4, -0.2) is 53.3 Å². The Morgan fingerprint density at radius 1 is 1.06 bits per heavy atom. The van der Waals surface area contributed by atoms with E-state index in [1.807, 2.05) is 67.6 Å². The molecule has 0 aliphatic heterocycles. The summed E-state index contributed by atoms with van der Waals surface area (Å²) in [5.74, 6) is 0.160. The van der Waals surface area contributed by atoms with Gasteiger partial charge in [0.15, 0.2) is 0 Å². The molecule has 1 aromatic heterocycles. The molecule has 0 spiro atoms. The van der Waals surface area contributed by atoms with Gasteiger partial charge in [-0.1, -0.05) is 68.8 Å². The first-order valence-electron chi connectivity index (χ1n) is 11.5. The van der Waals surface area contributed by atoms with Crippen LogP contribution in [0.4, 0.5) is 5.82 Å². The third-order valence-electron chi connectivity index (χ3n) is 5.47. The summed E-state index contributed by atoms with van der Waals surface area (Å²) in [7, 11) is 1.58. The summed E-state index contributed by atoms with van der Waals surface area (Å²) in [6.07, 6.45) is 0.229. The first kappa shape index (κ1) is 25.2. The number of hydrogen-bond donors (Lipinski definition) is 1. The smallest absolute Gasteiger partial charge is 0.245 e. The van der Waals surface area contributed by atoms with Crippen LogP contribution in [0.5, 0.6) is 0 Å². The van der Waals surface area contributed by atoms with Gasteiger partial charge in [-0.15, -0.1) is 0 Å². The largest absolute Gasteiger partial charge is 0.383 e. The molecule has 0 aliphatic rings. The molecule has 0 saturated carbocycles. The lowest BCUT2D eigenvalue weighted by atomic mass is 9.92. The summed E-state index contributed by atoms with van der Waals surface area (Å²) in [4.78, 5) is 27.5. The van der Waals surface area contributed by atoms with Crippen molar-refractivity contribution in [2.45, 2.75) is 39.5 Å².